The normalized spacial score (nSPS) is 19.8. The molecule has 4 rings (SSSR count). The summed E-state index contributed by atoms with van der Waals surface area (Å²) >= 11 is 1.71. The molecule has 2 fully saturated rings. The van der Waals surface area contributed by atoms with Crippen molar-refractivity contribution in [3.05, 3.63) is 12.1 Å². The lowest BCUT2D eigenvalue weighted by Gasteiger charge is -2.29. The Hall–Kier alpha value is -1.57. The molecule has 1 aromatic heterocycles. The van der Waals surface area contributed by atoms with E-state index in [0.29, 0.717) is 0 Å². The fourth-order valence-electron chi connectivity index (χ4n) is 2.93. The van der Waals surface area contributed by atoms with E-state index in [0.717, 1.165) is 79.3 Å². The lowest BCUT2D eigenvalue weighted by Crippen LogP contribution is -2.36. The van der Waals surface area contributed by atoms with Gasteiger partial charge in [0.25, 0.3) is 0 Å². The summed E-state index contributed by atoms with van der Waals surface area (Å²) in [6, 6.07) is 4.18. The maximum Gasteiger partial charge on any atom is 0.186 e. The number of benzene rings is 1. The van der Waals surface area contributed by atoms with Crippen LogP contribution in [-0.4, -0.2) is 57.6 Å². The van der Waals surface area contributed by atoms with Gasteiger partial charge in [0, 0.05) is 26.2 Å². The second-order valence-electron chi connectivity index (χ2n) is 5.57. The number of hydrogen-bond acceptors (Lipinski definition) is 7. The molecule has 2 aliphatic heterocycles. The van der Waals surface area contributed by atoms with Crippen LogP contribution in [0, 0.1) is 0 Å². The number of aromatic nitrogens is 1. The van der Waals surface area contributed by atoms with Crippen molar-refractivity contribution < 1.29 is 9.47 Å². The van der Waals surface area contributed by atoms with Gasteiger partial charge in [-0.15, -0.1) is 0 Å². The molecule has 0 bridgehead atoms. The van der Waals surface area contributed by atoms with Crippen molar-refractivity contribution in [2.45, 2.75) is 0 Å². The van der Waals surface area contributed by atoms with Crippen molar-refractivity contribution in [1.29, 1.82) is 0 Å². The lowest BCUT2D eigenvalue weighted by molar-refractivity contribution is 0.122. The zero-order valence-corrected chi connectivity index (χ0v) is 13.3. The maximum atomic E-state index is 6.27. The molecule has 0 spiro atoms. The van der Waals surface area contributed by atoms with Gasteiger partial charge in [0.15, 0.2) is 5.13 Å². The summed E-state index contributed by atoms with van der Waals surface area (Å²) < 4.78 is 12.0. The summed E-state index contributed by atoms with van der Waals surface area (Å²) in [5.41, 5.74) is 9.20. The van der Waals surface area contributed by atoms with Gasteiger partial charge in [-0.2, -0.15) is 0 Å². The zero-order chi connectivity index (χ0) is 14.9. The molecule has 1 aromatic carbocycles. The minimum atomic E-state index is 0.758. The number of rotatable bonds is 2. The minimum absolute atomic E-state index is 0.758. The third-order valence-corrected chi connectivity index (χ3v) is 5.24. The number of fused-ring (bicyclic) bond motifs is 1. The van der Waals surface area contributed by atoms with E-state index in [2.05, 4.69) is 21.9 Å². The van der Waals surface area contributed by atoms with Crippen LogP contribution in [-0.2, 0) is 9.47 Å². The molecule has 0 amide bonds. The van der Waals surface area contributed by atoms with Crippen molar-refractivity contribution in [1.82, 2.24) is 4.98 Å². The van der Waals surface area contributed by atoms with Crippen LogP contribution in [0.1, 0.15) is 0 Å². The first-order chi connectivity index (χ1) is 10.8. The standard InChI is InChI=1S/C15H20N4O2S/c16-11-9-14-12(10-13(11)18-1-5-20-6-2-18)17-15(22-14)19-3-7-21-8-4-19/h9-10H,1-8,16H2. The van der Waals surface area contributed by atoms with Crippen molar-refractivity contribution in [2.75, 3.05) is 68.1 Å². The Labute approximate surface area is 133 Å². The van der Waals surface area contributed by atoms with E-state index in [4.69, 9.17) is 20.2 Å². The van der Waals surface area contributed by atoms with E-state index in [1.54, 1.807) is 11.3 Å². The van der Waals surface area contributed by atoms with Crippen LogP contribution in [0.15, 0.2) is 12.1 Å². The predicted octanol–water partition coefficient (Wildman–Crippen LogP) is 1.55. The fourth-order valence-corrected chi connectivity index (χ4v) is 3.98. The SMILES string of the molecule is Nc1cc2sc(N3CCOCC3)nc2cc1N1CCOCC1. The number of hydrogen-bond donors (Lipinski definition) is 1. The third-order valence-electron chi connectivity index (χ3n) is 4.16. The van der Waals surface area contributed by atoms with Crippen LogP contribution in [0.25, 0.3) is 10.2 Å². The van der Waals surface area contributed by atoms with Gasteiger partial charge in [0.1, 0.15) is 0 Å². The Morgan fingerprint density at radius 1 is 0.955 bits per heavy atom. The molecule has 0 radical (unpaired) electrons. The van der Waals surface area contributed by atoms with Crippen LogP contribution >= 0.6 is 11.3 Å². The molecule has 2 aromatic rings. The molecule has 22 heavy (non-hydrogen) atoms. The van der Waals surface area contributed by atoms with Gasteiger partial charge in [0.2, 0.25) is 0 Å². The Morgan fingerprint density at radius 3 is 2.27 bits per heavy atom. The first-order valence-corrected chi connectivity index (χ1v) is 8.48. The highest BCUT2D eigenvalue weighted by Gasteiger charge is 2.19. The van der Waals surface area contributed by atoms with Gasteiger partial charge in [-0.3, -0.25) is 0 Å². The highest BCUT2D eigenvalue weighted by molar-refractivity contribution is 7.22. The van der Waals surface area contributed by atoms with E-state index in [1.165, 1.54) is 0 Å². The summed E-state index contributed by atoms with van der Waals surface area (Å²) in [4.78, 5) is 9.38. The lowest BCUT2D eigenvalue weighted by atomic mass is 10.2. The van der Waals surface area contributed by atoms with Gasteiger partial charge >= 0.3 is 0 Å². The molecule has 7 heteroatoms. The van der Waals surface area contributed by atoms with Gasteiger partial charge in [-0.25, -0.2) is 4.98 Å². The molecule has 2 N–H and O–H groups in total. The summed E-state index contributed by atoms with van der Waals surface area (Å²) in [6.45, 7) is 6.65. The Bertz CT molecular complexity index is 663. The quantitative estimate of drug-likeness (QED) is 0.847. The number of anilines is 3. The average molecular weight is 320 g/mol. The van der Waals surface area contributed by atoms with E-state index >= 15 is 0 Å². The van der Waals surface area contributed by atoms with E-state index in [1.807, 2.05) is 0 Å². The minimum Gasteiger partial charge on any atom is -0.397 e. The van der Waals surface area contributed by atoms with Crippen LogP contribution in [0.4, 0.5) is 16.5 Å². The third kappa shape index (κ3) is 2.60. The van der Waals surface area contributed by atoms with Crippen LogP contribution in [0.3, 0.4) is 0 Å². The summed E-state index contributed by atoms with van der Waals surface area (Å²) in [5.74, 6) is 0. The zero-order valence-electron chi connectivity index (χ0n) is 12.5. The average Bonchev–Trinajstić information content (AvgIpc) is 2.98. The smallest absolute Gasteiger partial charge is 0.186 e. The number of ether oxygens (including phenoxy) is 2. The van der Waals surface area contributed by atoms with Gasteiger partial charge in [0.05, 0.1) is 48.0 Å². The van der Waals surface area contributed by atoms with Crippen LogP contribution < -0.4 is 15.5 Å². The molecule has 0 atom stereocenters. The molecule has 3 heterocycles. The van der Waals surface area contributed by atoms with Crippen LogP contribution in [0.5, 0.6) is 0 Å². The molecule has 2 saturated heterocycles. The van der Waals surface area contributed by atoms with Crippen molar-refractivity contribution in [3.8, 4) is 0 Å². The molecular formula is C15H20N4O2S. The number of morpholine rings is 2. The maximum absolute atomic E-state index is 6.27. The molecule has 6 nitrogen and oxygen atoms in total. The first-order valence-electron chi connectivity index (χ1n) is 7.67. The molecular weight excluding hydrogens is 300 g/mol. The fraction of sp³-hybridized carbons (Fsp3) is 0.533. The first kappa shape index (κ1) is 14.0. The summed E-state index contributed by atoms with van der Waals surface area (Å²) in [5, 5.41) is 1.07. The predicted molar refractivity (Wildman–Crippen MR) is 90.1 cm³/mol. The van der Waals surface area contributed by atoms with Crippen molar-refractivity contribution in [3.63, 3.8) is 0 Å². The highest BCUT2D eigenvalue weighted by Crippen LogP contribution is 2.35. The molecule has 0 saturated carbocycles. The number of nitrogen functional groups attached to an aromatic ring is 1. The van der Waals surface area contributed by atoms with E-state index in [-0.39, 0.29) is 0 Å². The van der Waals surface area contributed by atoms with E-state index in [9.17, 15) is 0 Å². The van der Waals surface area contributed by atoms with Crippen LogP contribution in [0.2, 0.25) is 0 Å². The summed E-state index contributed by atoms with van der Waals surface area (Å²) in [6.07, 6.45) is 0. The van der Waals surface area contributed by atoms with E-state index < -0.39 is 0 Å². The molecule has 0 unspecified atom stereocenters. The molecule has 2 aliphatic rings. The second kappa shape index (κ2) is 5.91. The van der Waals surface area contributed by atoms with Gasteiger partial charge in [-0.05, 0) is 12.1 Å². The Morgan fingerprint density at radius 2 is 1.59 bits per heavy atom. The monoisotopic (exact) mass is 320 g/mol. The second-order valence-corrected chi connectivity index (χ2v) is 6.58. The summed E-state index contributed by atoms with van der Waals surface area (Å²) in [7, 11) is 0. The number of thiazole rings is 1. The molecule has 0 aliphatic carbocycles. The topological polar surface area (TPSA) is 63.8 Å². The van der Waals surface area contributed by atoms with Crippen molar-refractivity contribution >= 4 is 38.1 Å². The number of nitrogens with two attached hydrogens (primary N) is 1. The largest absolute Gasteiger partial charge is 0.397 e. The highest BCUT2D eigenvalue weighted by atomic mass is 32.1. The Kier molecular flexibility index (Phi) is 3.77. The Balaban J connectivity index is 1.67. The van der Waals surface area contributed by atoms with Gasteiger partial charge < -0.3 is 25.0 Å². The van der Waals surface area contributed by atoms with Crippen molar-refractivity contribution in [2.24, 2.45) is 0 Å². The van der Waals surface area contributed by atoms with Gasteiger partial charge in [-0.1, -0.05) is 11.3 Å². The molecule has 118 valence electrons. The number of nitrogens with zero attached hydrogens (tertiary/aromatic N) is 3.